The molecule has 1 aromatic rings. The average molecular weight is 263 g/mol. The van der Waals surface area contributed by atoms with Gasteiger partial charge in [-0.3, -0.25) is 0 Å². The van der Waals surface area contributed by atoms with Crippen LogP contribution in [-0.4, -0.2) is 13.0 Å². The van der Waals surface area contributed by atoms with Crippen molar-refractivity contribution in [2.24, 2.45) is 0 Å². The largest absolute Gasteiger partial charge is 0.573 e. The second-order valence-electron chi connectivity index (χ2n) is 2.52. The van der Waals surface area contributed by atoms with Crippen LogP contribution in [0.1, 0.15) is 0 Å². The SMILES string of the molecule is FC(F)Oc1cc(Cl)ccc1OC(F)(F)F. The van der Waals surface area contributed by atoms with Crippen LogP contribution >= 0.6 is 11.6 Å². The lowest BCUT2D eigenvalue weighted by molar-refractivity contribution is -0.275. The Morgan fingerprint density at radius 3 is 2.25 bits per heavy atom. The number of alkyl halides is 5. The van der Waals surface area contributed by atoms with Crippen LogP contribution in [0.4, 0.5) is 22.0 Å². The molecule has 16 heavy (non-hydrogen) atoms. The van der Waals surface area contributed by atoms with E-state index in [2.05, 4.69) is 9.47 Å². The van der Waals surface area contributed by atoms with Crippen LogP contribution in [0.15, 0.2) is 18.2 Å². The van der Waals surface area contributed by atoms with Crippen LogP contribution in [0.2, 0.25) is 5.02 Å². The van der Waals surface area contributed by atoms with E-state index in [1.807, 2.05) is 0 Å². The molecule has 0 aliphatic rings. The molecular formula is C8H4ClF5O2. The molecule has 0 spiro atoms. The molecule has 0 amide bonds. The molecule has 90 valence electrons. The summed E-state index contributed by atoms with van der Waals surface area (Å²) in [4.78, 5) is 0. The van der Waals surface area contributed by atoms with Gasteiger partial charge in [0.2, 0.25) is 0 Å². The third kappa shape index (κ3) is 4.09. The van der Waals surface area contributed by atoms with Gasteiger partial charge in [-0.2, -0.15) is 8.78 Å². The smallest absolute Gasteiger partial charge is 0.431 e. The highest BCUT2D eigenvalue weighted by molar-refractivity contribution is 6.30. The summed E-state index contributed by atoms with van der Waals surface area (Å²) in [6.45, 7) is -3.27. The Balaban J connectivity index is 2.98. The number of halogens is 6. The molecule has 0 atom stereocenters. The minimum atomic E-state index is -4.99. The van der Waals surface area contributed by atoms with Gasteiger partial charge in [0.25, 0.3) is 0 Å². The lowest BCUT2D eigenvalue weighted by Crippen LogP contribution is -2.18. The van der Waals surface area contributed by atoms with E-state index >= 15 is 0 Å². The van der Waals surface area contributed by atoms with Crippen molar-refractivity contribution >= 4 is 11.6 Å². The molecule has 0 N–H and O–H groups in total. The number of ether oxygens (including phenoxy) is 2. The Bertz CT molecular complexity index is 366. The zero-order valence-corrected chi connectivity index (χ0v) is 8.15. The van der Waals surface area contributed by atoms with Crippen molar-refractivity contribution < 1.29 is 31.4 Å². The first-order valence-corrected chi connectivity index (χ1v) is 4.16. The zero-order chi connectivity index (χ0) is 12.3. The maximum atomic E-state index is 11.9. The van der Waals surface area contributed by atoms with Crippen LogP contribution in [-0.2, 0) is 0 Å². The molecule has 0 unspecified atom stereocenters. The van der Waals surface area contributed by atoms with Crippen molar-refractivity contribution in [3.8, 4) is 11.5 Å². The molecule has 0 aliphatic carbocycles. The Morgan fingerprint density at radius 1 is 1.12 bits per heavy atom. The minimum Gasteiger partial charge on any atom is -0.431 e. The number of hydrogen-bond acceptors (Lipinski definition) is 2. The zero-order valence-electron chi connectivity index (χ0n) is 7.39. The van der Waals surface area contributed by atoms with E-state index in [9.17, 15) is 22.0 Å². The number of benzene rings is 1. The van der Waals surface area contributed by atoms with E-state index in [0.717, 1.165) is 18.2 Å². The highest BCUT2D eigenvalue weighted by atomic mass is 35.5. The fourth-order valence-corrected chi connectivity index (χ4v) is 1.04. The van der Waals surface area contributed by atoms with Gasteiger partial charge < -0.3 is 9.47 Å². The Labute approximate surface area is 91.5 Å². The summed E-state index contributed by atoms with van der Waals surface area (Å²) in [6, 6.07) is 2.64. The molecule has 8 heteroatoms. The van der Waals surface area contributed by atoms with Gasteiger partial charge in [0.05, 0.1) is 0 Å². The van der Waals surface area contributed by atoms with Gasteiger partial charge in [0.1, 0.15) is 0 Å². The standard InChI is InChI=1S/C8H4ClF5O2/c9-4-1-2-5(16-8(12,13)14)6(3-4)15-7(10)11/h1-3,7H. The third-order valence-corrected chi connectivity index (χ3v) is 1.58. The molecule has 0 bridgehead atoms. The molecule has 1 aromatic carbocycles. The molecule has 0 aromatic heterocycles. The quantitative estimate of drug-likeness (QED) is 0.771. The molecule has 0 aliphatic heterocycles. The van der Waals surface area contributed by atoms with E-state index in [0.29, 0.717) is 0 Å². The van der Waals surface area contributed by atoms with Crippen LogP contribution in [0.25, 0.3) is 0 Å². The second kappa shape index (κ2) is 4.73. The van der Waals surface area contributed by atoms with Gasteiger partial charge in [-0.15, -0.1) is 13.2 Å². The predicted molar refractivity (Wildman–Crippen MR) is 44.8 cm³/mol. The van der Waals surface area contributed by atoms with E-state index < -0.39 is 24.5 Å². The van der Waals surface area contributed by atoms with Crippen molar-refractivity contribution in [1.29, 1.82) is 0 Å². The van der Waals surface area contributed by atoms with Gasteiger partial charge in [0.15, 0.2) is 11.5 Å². The van der Waals surface area contributed by atoms with Gasteiger partial charge in [-0.25, -0.2) is 0 Å². The summed E-state index contributed by atoms with van der Waals surface area (Å²) in [5, 5.41) is -0.0508. The maximum Gasteiger partial charge on any atom is 0.573 e. The number of rotatable bonds is 3. The molecule has 2 nitrogen and oxygen atoms in total. The van der Waals surface area contributed by atoms with Crippen molar-refractivity contribution in [3.63, 3.8) is 0 Å². The van der Waals surface area contributed by atoms with Crippen molar-refractivity contribution in [1.82, 2.24) is 0 Å². The maximum absolute atomic E-state index is 11.9. The lowest BCUT2D eigenvalue weighted by Gasteiger charge is -2.13. The molecular weight excluding hydrogens is 259 g/mol. The van der Waals surface area contributed by atoms with E-state index in [4.69, 9.17) is 11.6 Å². The summed E-state index contributed by atoms with van der Waals surface area (Å²) in [5.74, 6) is -1.66. The summed E-state index contributed by atoms with van der Waals surface area (Å²) in [6.07, 6.45) is -4.99. The monoisotopic (exact) mass is 262 g/mol. The first-order chi connectivity index (χ1) is 7.28. The van der Waals surface area contributed by atoms with Crippen LogP contribution < -0.4 is 9.47 Å². The summed E-state index contributed by atoms with van der Waals surface area (Å²) < 4.78 is 66.6. The van der Waals surface area contributed by atoms with Crippen LogP contribution in [0.5, 0.6) is 11.5 Å². The van der Waals surface area contributed by atoms with Crippen molar-refractivity contribution in [2.45, 2.75) is 13.0 Å². The second-order valence-corrected chi connectivity index (χ2v) is 2.95. The highest BCUT2D eigenvalue weighted by Gasteiger charge is 2.32. The molecule has 0 saturated heterocycles. The third-order valence-electron chi connectivity index (χ3n) is 1.35. The van der Waals surface area contributed by atoms with Crippen LogP contribution in [0, 0.1) is 0 Å². The summed E-state index contributed by atoms with van der Waals surface area (Å²) in [7, 11) is 0. The van der Waals surface area contributed by atoms with Crippen LogP contribution in [0.3, 0.4) is 0 Å². The Morgan fingerprint density at radius 2 is 1.75 bits per heavy atom. The normalized spacial score (nSPS) is 11.7. The van der Waals surface area contributed by atoms with Gasteiger partial charge >= 0.3 is 13.0 Å². The fraction of sp³-hybridized carbons (Fsp3) is 0.250. The average Bonchev–Trinajstić information content (AvgIpc) is 2.06. The Kier molecular flexibility index (Phi) is 3.79. The topological polar surface area (TPSA) is 18.5 Å². The molecule has 0 fully saturated rings. The van der Waals surface area contributed by atoms with E-state index in [1.54, 1.807) is 0 Å². The minimum absolute atomic E-state index is 0.0508. The fourth-order valence-electron chi connectivity index (χ4n) is 0.879. The first-order valence-electron chi connectivity index (χ1n) is 3.78. The summed E-state index contributed by atoms with van der Waals surface area (Å²) >= 11 is 5.41. The Hall–Kier alpha value is -1.24. The lowest BCUT2D eigenvalue weighted by atomic mass is 10.3. The molecule has 0 heterocycles. The van der Waals surface area contributed by atoms with E-state index in [1.165, 1.54) is 0 Å². The van der Waals surface area contributed by atoms with Gasteiger partial charge in [-0.1, -0.05) is 11.6 Å². The van der Waals surface area contributed by atoms with E-state index in [-0.39, 0.29) is 5.02 Å². The number of hydrogen-bond donors (Lipinski definition) is 0. The molecule has 0 saturated carbocycles. The highest BCUT2D eigenvalue weighted by Crippen LogP contribution is 2.35. The predicted octanol–water partition coefficient (Wildman–Crippen LogP) is 3.84. The van der Waals surface area contributed by atoms with Crippen molar-refractivity contribution in [3.05, 3.63) is 23.2 Å². The van der Waals surface area contributed by atoms with Gasteiger partial charge in [0, 0.05) is 11.1 Å². The molecule has 1 rings (SSSR count). The van der Waals surface area contributed by atoms with Gasteiger partial charge in [-0.05, 0) is 12.1 Å². The first kappa shape index (κ1) is 12.8. The van der Waals surface area contributed by atoms with Crippen molar-refractivity contribution in [2.75, 3.05) is 0 Å². The summed E-state index contributed by atoms with van der Waals surface area (Å²) in [5.41, 5.74) is 0. The molecule has 0 radical (unpaired) electrons.